The molecular weight excluding hydrogens is 256 g/mol. The maximum absolute atomic E-state index is 5.50. The van der Waals surface area contributed by atoms with Crippen LogP contribution in [0.2, 0.25) is 0 Å². The van der Waals surface area contributed by atoms with Crippen LogP contribution >= 0.6 is 15.9 Å². The summed E-state index contributed by atoms with van der Waals surface area (Å²) in [7, 11) is 0. The molecule has 1 aromatic carbocycles. The molecule has 2 rings (SSSR count). The van der Waals surface area contributed by atoms with Crippen molar-refractivity contribution in [3.8, 4) is 0 Å². The molecule has 1 heterocycles. The first kappa shape index (κ1) is 10.4. The summed E-state index contributed by atoms with van der Waals surface area (Å²) in [6.45, 7) is 4.61. The average molecular weight is 267 g/mol. The molecule has 1 aromatic heterocycles. The Morgan fingerprint density at radius 1 is 1.53 bits per heavy atom. The molecule has 0 radical (unpaired) electrons. The van der Waals surface area contributed by atoms with Gasteiger partial charge in [-0.3, -0.25) is 4.99 Å². The number of aromatic nitrogens is 1. The largest absolute Gasteiger partial charge is 0.440 e. The number of hydrogen-bond donors (Lipinski definition) is 0. The van der Waals surface area contributed by atoms with E-state index in [9.17, 15) is 0 Å². The first-order chi connectivity index (χ1) is 7.22. The summed E-state index contributed by atoms with van der Waals surface area (Å²) in [5, 5.41) is 0. The Labute approximate surface area is 96.3 Å². The molecule has 15 heavy (non-hydrogen) atoms. The van der Waals surface area contributed by atoms with Crippen molar-refractivity contribution in [2.24, 2.45) is 4.99 Å². The van der Waals surface area contributed by atoms with Gasteiger partial charge in [-0.15, -0.1) is 0 Å². The first-order valence-corrected chi connectivity index (χ1v) is 5.57. The van der Waals surface area contributed by atoms with E-state index in [-0.39, 0.29) is 0 Å². The summed E-state index contributed by atoms with van der Waals surface area (Å²) in [6.07, 6.45) is 1.83. The van der Waals surface area contributed by atoms with E-state index in [4.69, 9.17) is 4.42 Å². The summed E-state index contributed by atoms with van der Waals surface area (Å²) in [6, 6.07) is 3.93. The zero-order valence-corrected chi connectivity index (χ0v) is 10.2. The normalized spacial score (nSPS) is 11.7. The third-order valence-electron chi connectivity index (χ3n) is 2.05. The minimum absolute atomic E-state index is 0.669. The van der Waals surface area contributed by atoms with Crippen molar-refractivity contribution in [3.63, 3.8) is 0 Å². The monoisotopic (exact) mass is 266 g/mol. The fourth-order valence-electron chi connectivity index (χ4n) is 1.40. The molecular formula is C11H11BrN2O. The number of aryl methyl sites for hydroxylation is 1. The molecule has 0 unspecified atom stereocenters. The highest BCUT2D eigenvalue weighted by Crippen LogP contribution is 2.26. The summed E-state index contributed by atoms with van der Waals surface area (Å²) in [5.74, 6) is 0.669. The molecule has 0 saturated carbocycles. The third-order valence-corrected chi connectivity index (χ3v) is 2.67. The number of oxazole rings is 1. The number of aliphatic imine (C=N–C) groups is 1. The Hall–Kier alpha value is -1.16. The van der Waals surface area contributed by atoms with Gasteiger partial charge >= 0.3 is 0 Å². The van der Waals surface area contributed by atoms with Gasteiger partial charge in [0.2, 0.25) is 0 Å². The fraction of sp³-hybridized carbons (Fsp3) is 0.273. The van der Waals surface area contributed by atoms with E-state index in [0.717, 1.165) is 27.7 Å². The molecule has 3 nitrogen and oxygen atoms in total. The lowest BCUT2D eigenvalue weighted by molar-refractivity contribution is 0.559. The van der Waals surface area contributed by atoms with Gasteiger partial charge in [0.05, 0.1) is 4.47 Å². The van der Waals surface area contributed by atoms with Crippen molar-refractivity contribution >= 4 is 33.2 Å². The van der Waals surface area contributed by atoms with Gasteiger partial charge < -0.3 is 4.42 Å². The Bertz CT molecular complexity index is 517. The number of benzene rings is 1. The molecule has 0 N–H and O–H groups in total. The maximum Gasteiger partial charge on any atom is 0.192 e. The van der Waals surface area contributed by atoms with Crippen molar-refractivity contribution in [2.75, 3.05) is 6.54 Å². The number of rotatable bonds is 2. The second kappa shape index (κ2) is 4.14. The van der Waals surface area contributed by atoms with Crippen LogP contribution in [0.3, 0.4) is 0 Å². The van der Waals surface area contributed by atoms with E-state index < -0.39 is 0 Å². The Morgan fingerprint density at radius 3 is 3.07 bits per heavy atom. The molecule has 0 aliphatic rings. The quantitative estimate of drug-likeness (QED) is 0.783. The summed E-state index contributed by atoms with van der Waals surface area (Å²) in [5.41, 5.74) is 2.64. The Kier molecular flexibility index (Phi) is 2.86. The molecule has 0 atom stereocenters. The Morgan fingerprint density at radius 2 is 2.33 bits per heavy atom. The van der Waals surface area contributed by atoms with Crippen molar-refractivity contribution in [1.29, 1.82) is 0 Å². The number of halogens is 1. The molecule has 0 aliphatic carbocycles. The SMILES string of the molecule is CCN=Cc1ccc(Br)c2oc(C)nc12. The number of nitrogens with zero attached hydrogens (tertiary/aromatic N) is 2. The van der Waals surface area contributed by atoms with Crippen LogP contribution in [0, 0.1) is 6.92 Å². The lowest BCUT2D eigenvalue weighted by atomic mass is 10.2. The smallest absolute Gasteiger partial charge is 0.192 e. The van der Waals surface area contributed by atoms with Gasteiger partial charge in [0, 0.05) is 25.2 Å². The van der Waals surface area contributed by atoms with E-state index >= 15 is 0 Å². The van der Waals surface area contributed by atoms with Crippen LogP contribution in [-0.2, 0) is 0 Å². The zero-order chi connectivity index (χ0) is 10.8. The van der Waals surface area contributed by atoms with Crippen LogP contribution in [0.5, 0.6) is 0 Å². The van der Waals surface area contributed by atoms with Gasteiger partial charge in [-0.2, -0.15) is 0 Å². The van der Waals surface area contributed by atoms with Crippen LogP contribution < -0.4 is 0 Å². The summed E-state index contributed by atoms with van der Waals surface area (Å²) < 4.78 is 6.42. The molecule has 0 bridgehead atoms. The average Bonchev–Trinajstić information content (AvgIpc) is 2.60. The minimum atomic E-state index is 0.669. The van der Waals surface area contributed by atoms with Crippen LogP contribution in [0.4, 0.5) is 0 Å². The van der Waals surface area contributed by atoms with E-state index in [1.807, 2.05) is 32.2 Å². The highest BCUT2D eigenvalue weighted by Gasteiger charge is 2.09. The summed E-state index contributed by atoms with van der Waals surface area (Å²) in [4.78, 5) is 8.55. The van der Waals surface area contributed by atoms with Gasteiger partial charge in [-0.05, 0) is 35.0 Å². The predicted molar refractivity (Wildman–Crippen MR) is 64.6 cm³/mol. The molecule has 0 amide bonds. The van der Waals surface area contributed by atoms with Crippen molar-refractivity contribution < 1.29 is 4.42 Å². The lowest BCUT2D eigenvalue weighted by Gasteiger charge is -1.95. The van der Waals surface area contributed by atoms with E-state index in [1.165, 1.54) is 0 Å². The van der Waals surface area contributed by atoms with Crippen LogP contribution in [0.25, 0.3) is 11.1 Å². The first-order valence-electron chi connectivity index (χ1n) is 4.78. The van der Waals surface area contributed by atoms with E-state index in [2.05, 4.69) is 25.9 Å². The number of hydrogen-bond acceptors (Lipinski definition) is 3. The van der Waals surface area contributed by atoms with Gasteiger partial charge in [0.25, 0.3) is 0 Å². The predicted octanol–water partition coefficient (Wildman–Crippen LogP) is 3.34. The van der Waals surface area contributed by atoms with Gasteiger partial charge in [-0.25, -0.2) is 4.98 Å². The van der Waals surface area contributed by atoms with Crippen molar-refractivity contribution in [2.45, 2.75) is 13.8 Å². The second-order valence-electron chi connectivity index (χ2n) is 3.18. The maximum atomic E-state index is 5.50. The van der Waals surface area contributed by atoms with Crippen LogP contribution in [0.1, 0.15) is 18.4 Å². The molecule has 0 aliphatic heterocycles. The molecule has 0 fully saturated rings. The molecule has 0 spiro atoms. The minimum Gasteiger partial charge on any atom is -0.440 e. The van der Waals surface area contributed by atoms with E-state index in [0.29, 0.717) is 5.89 Å². The fourth-order valence-corrected chi connectivity index (χ4v) is 1.80. The number of fused-ring (bicyclic) bond motifs is 1. The van der Waals surface area contributed by atoms with Gasteiger partial charge in [0.15, 0.2) is 11.5 Å². The summed E-state index contributed by atoms with van der Waals surface area (Å²) >= 11 is 3.43. The van der Waals surface area contributed by atoms with Crippen LogP contribution in [0.15, 0.2) is 26.0 Å². The van der Waals surface area contributed by atoms with Crippen molar-refractivity contribution in [1.82, 2.24) is 4.98 Å². The molecule has 2 aromatic rings. The highest BCUT2D eigenvalue weighted by molar-refractivity contribution is 9.10. The lowest BCUT2D eigenvalue weighted by Crippen LogP contribution is -1.85. The topological polar surface area (TPSA) is 38.4 Å². The van der Waals surface area contributed by atoms with Gasteiger partial charge in [-0.1, -0.05) is 0 Å². The molecule has 4 heteroatoms. The molecule has 78 valence electrons. The molecule has 0 saturated heterocycles. The Balaban J connectivity index is 2.65. The zero-order valence-electron chi connectivity index (χ0n) is 8.62. The second-order valence-corrected chi connectivity index (χ2v) is 4.03. The third kappa shape index (κ3) is 1.95. The van der Waals surface area contributed by atoms with Gasteiger partial charge in [0.1, 0.15) is 5.52 Å². The van der Waals surface area contributed by atoms with Crippen LogP contribution in [-0.4, -0.2) is 17.7 Å². The highest BCUT2D eigenvalue weighted by atomic mass is 79.9. The van der Waals surface area contributed by atoms with E-state index in [1.54, 1.807) is 0 Å². The standard InChI is InChI=1S/C11H11BrN2O/c1-3-13-6-8-4-5-9(12)11-10(8)14-7(2)15-11/h4-6H,3H2,1-2H3. The van der Waals surface area contributed by atoms with Crippen molar-refractivity contribution in [3.05, 3.63) is 28.1 Å².